The van der Waals surface area contributed by atoms with E-state index in [0.717, 1.165) is 21.1 Å². The van der Waals surface area contributed by atoms with Crippen molar-refractivity contribution in [2.24, 2.45) is 0 Å². The molecule has 10 heteroatoms. The molecule has 0 aliphatic carbocycles. The van der Waals surface area contributed by atoms with Crippen LogP contribution in [0.15, 0.2) is 52.1 Å². The van der Waals surface area contributed by atoms with E-state index in [4.69, 9.17) is 23.8 Å². The zero-order valence-corrected chi connectivity index (χ0v) is 20.8. The Morgan fingerprint density at radius 1 is 1.22 bits per heavy atom. The molecule has 0 bridgehead atoms. The molecule has 1 aliphatic rings. The minimum Gasteiger partial charge on any atom is -0.350 e. The minimum absolute atomic E-state index is 0.0761. The van der Waals surface area contributed by atoms with Crippen molar-refractivity contribution in [3.8, 4) is 11.3 Å². The Morgan fingerprint density at radius 3 is 2.78 bits per heavy atom. The van der Waals surface area contributed by atoms with Crippen LogP contribution in [0.25, 0.3) is 17.3 Å². The lowest BCUT2D eigenvalue weighted by molar-refractivity contribution is -0.124. The van der Waals surface area contributed by atoms with Crippen molar-refractivity contribution >= 4 is 80.5 Å². The number of nitrogens with one attached hydrogen (secondary N) is 1. The summed E-state index contributed by atoms with van der Waals surface area (Å²) in [5, 5.41) is 8.34. The number of halogens is 1. The van der Waals surface area contributed by atoms with Crippen LogP contribution in [-0.4, -0.2) is 32.6 Å². The number of thiophene rings is 1. The molecule has 164 valence electrons. The first kappa shape index (κ1) is 23.1. The van der Waals surface area contributed by atoms with E-state index in [0.29, 0.717) is 40.2 Å². The lowest BCUT2D eigenvalue weighted by atomic mass is 10.2. The molecule has 0 radical (unpaired) electrons. The number of nitrogens with zero attached hydrogens (tertiary/aromatic N) is 2. The number of hydrogen-bond acceptors (Lipinski definition) is 7. The molecule has 0 spiro atoms. The summed E-state index contributed by atoms with van der Waals surface area (Å²) in [4.78, 5) is 32.6. The van der Waals surface area contributed by atoms with Gasteiger partial charge in [-0.1, -0.05) is 53.8 Å². The topological polar surface area (TPSA) is 62.3 Å². The molecule has 1 N–H and O–H groups in total. The molecule has 32 heavy (non-hydrogen) atoms. The summed E-state index contributed by atoms with van der Waals surface area (Å²) in [5.74, 6) is -0.167. The Hall–Kier alpha value is -2.04. The van der Waals surface area contributed by atoms with E-state index < -0.39 is 0 Å². The standard InChI is InChI=1S/C22H18ClN3O2S4/c23-15-7-5-14(6-8-15)17-13-31-20(25-17)12-24-19(27)4-1-9-26-21(28)18(32-22(26)29)11-16-3-2-10-30-16/h2-3,5-8,10-11,13H,1,4,9,12H2,(H,24,27)/b18-11-. The number of thiazole rings is 1. The van der Waals surface area contributed by atoms with E-state index in [2.05, 4.69) is 10.3 Å². The zero-order valence-electron chi connectivity index (χ0n) is 16.7. The maximum atomic E-state index is 12.6. The quantitative estimate of drug-likeness (QED) is 0.300. The van der Waals surface area contributed by atoms with Crippen LogP contribution in [0.2, 0.25) is 5.02 Å². The van der Waals surface area contributed by atoms with E-state index in [9.17, 15) is 9.59 Å². The fourth-order valence-corrected chi connectivity index (χ4v) is 5.90. The molecule has 0 unspecified atom stereocenters. The van der Waals surface area contributed by atoms with Crippen molar-refractivity contribution < 1.29 is 9.59 Å². The van der Waals surface area contributed by atoms with Crippen LogP contribution in [-0.2, 0) is 16.1 Å². The van der Waals surface area contributed by atoms with Gasteiger partial charge in [0.2, 0.25) is 5.91 Å². The Morgan fingerprint density at radius 2 is 2.03 bits per heavy atom. The number of carbonyl (C=O) groups is 2. The third-order valence-electron chi connectivity index (χ3n) is 4.60. The molecule has 1 aromatic carbocycles. The van der Waals surface area contributed by atoms with Gasteiger partial charge in [-0.15, -0.1) is 22.7 Å². The van der Waals surface area contributed by atoms with Gasteiger partial charge in [-0.2, -0.15) is 0 Å². The summed E-state index contributed by atoms with van der Waals surface area (Å²) < 4.78 is 0.538. The number of benzene rings is 1. The molecule has 4 rings (SSSR count). The average Bonchev–Trinajstić information content (AvgIpc) is 3.51. The molecule has 3 aromatic rings. The van der Waals surface area contributed by atoms with E-state index in [1.54, 1.807) is 16.2 Å². The number of thiocarbonyl (C=S) groups is 1. The van der Waals surface area contributed by atoms with Gasteiger partial charge in [0.1, 0.15) is 9.33 Å². The van der Waals surface area contributed by atoms with E-state index in [1.807, 2.05) is 53.2 Å². The van der Waals surface area contributed by atoms with Gasteiger partial charge in [-0.25, -0.2) is 4.98 Å². The molecule has 0 atom stereocenters. The Bertz CT molecular complexity index is 1160. The lowest BCUT2D eigenvalue weighted by Crippen LogP contribution is -2.30. The number of hydrogen-bond donors (Lipinski definition) is 1. The highest BCUT2D eigenvalue weighted by Crippen LogP contribution is 2.33. The highest BCUT2D eigenvalue weighted by Gasteiger charge is 2.31. The first-order valence-electron chi connectivity index (χ1n) is 9.75. The number of thioether (sulfide) groups is 1. The zero-order chi connectivity index (χ0) is 22.5. The second-order valence-corrected chi connectivity index (χ2v) is 10.9. The van der Waals surface area contributed by atoms with Crippen LogP contribution < -0.4 is 5.32 Å². The second-order valence-electron chi connectivity index (χ2n) is 6.86. The van der Waals surface area contributed by atoms with Gasteiger partial charge in [-0.3, -0.25) is 14.5 Å². The average molecular weight is 520 g/mol. The van der Waals surface area contributed by atoms with Crippen molar-refractivity contribution in [1.29, 1.82) is 0 Å². The van der Waals surface area contributed by atoms with Crippen molar-refractivity contribution in [1.82, 2.24) is 15.2 Å². The Balaban J connectivity index is 1.22. The molecule has 3 heterocycles. The highest BCUT2D eigenvalue weighted by atomic mass is 35.5. The largest absolute Gasteiger partial charge is 0.350 e. The molecule has 0 saturated carbocycles. The predicted molar refractivity (Wildman–Crippen MR) is 138 cm³/mol. The number of rotatable bonds is 8. The third kappa shape index (κ3) is 5.85. The van der Waals surface area contributed by atoms with Crippen molar-refractivity contribution in [2.45, 2.75) is 19.4 Å². The molecule has 1 fully saturated rings. The maximum absolute atomic E-state index is 12.6. The van der Waals surface area contributed by atoms with Gasteiger partial charge in [0.25, 0.3) is 5.91 Å². The van der Waals surface area contributed by atoms with Crippen LogP contribution in [0.5, 0.6) is 0 Å². The van der Waals surface area contributed by atoms with Gasteiger partial charge in [0, 0.05) is 33.8 Å². The number of aromatic nitrogens is 1. The van der Waals surface area contributed by atoms with Gasteiger partial charge >= 0.3 is 0 Å². The second kappa shape index (κ2) is 10.7. The first-order valence-corrected chi connectivity index (χ1v) is 13.1. The van der Waals surface area contributed by atoms with Gasteiger partial charge in [-0.05, 0) is 36.1 Å². The molecule has 1 saturated heterocycles. The fraction of sp³-hybridized carbons (Fsp3) is 0.182. The van der Waals surface area contributed by atoms with Crippen molar-refractivity contribution in [3.05, 3.63) is 67.0 Å². The van der Waals surface area contributed by atoms with Gasteiger partial charge in [0.15, 0.2) is 0 Å². The first-order chi connectivity index (χ1) is 15.5. The van der Waals surface area contributed by atoms with Crippen LogP contribution in [0.4, 0.5) is 0 Å². The summed E-state index contributed by atoms with van der Waals surface area (Å²) >= 11 is 15.7. The summed E-state index contributed by atoms with van der Waals surface area (Å²) in [5.41, 5.74) is 1.85. The summed E-state index contributed by atoms with van der Waals surface area (Å²) in [6, 6.07) is 11.4. The maximum Gasteiger partial charge on any atom is 0.266 e. The Kier molecular flexibility index (Phi) is 7.75. The fourth-order valence-electron chi connectivity index (χ4n) is 3.00. The van der Waals surface area contributed by atoms with Crippen molar-refractivity contribution in [2.75, 3.05) is 6.54 Å². The van der Waals surface area contributed by atoms with Crippen LogP contribution in [0.1, 0.15) is 22.7 Å². The summed E-state index contributed by atoms with van der Waals surface area (Å²) in [6.07, 6.45) is 2.72. The summed E-state index contributed by atoms with van der Waals surface area (Å²) in [7, 11) is 0. The molecule has 5 nitrogen and oxygen atoms in total. The van der Waals surface area contributed by atoms with E-state index in [-0.39, 0.29) is 11.8 Å². The third-order valence-corrected chi connectivity index (χ3v) is 7.90. The van der Waals surface area contributed by atoms with Gasteiger partial charge in [0.05, 0.1) is 17.1 Å². The predicted octanol–water partition coefficient (Wildman–Crippen LogP) is 5.82. The number of carbonyl (C=O) groups excluding carboxylic acids is 2. The molecular formula is C22H18ClN3O2S4. The normalized spacial score (nSPS) is 15.0. The smallest absolute Gasteiger partial charge is 0.266 e. The Labute approximate surface area is 208 Å². The van der Waals surface area contributed by atoms with Crippen LogP contribution in [0, 0.1) is 0 Å². The van der Waals surface area contributed by atoms with E-state index >= 15 is 0 Å². The molecule has 2 amide bonds. The lowest BCUT2D eigenvalue weighted by Gasteiger charge is -2.13. The van der Waals surface area contributed by atoms with Gasteiger partial charge < -0.3 is 5.32 Å². The highest BCUT2D eigenvalue weighted by molar-refractivity contribution is 8.26. The molecule has 1 aliphatic heterocycles. The van der Waals surface area contributed by atoms with Crippen LogP contribution >= 0.6 is 58.3 Å². The van der Waals surface area contributed by atoms with Crippen LogP contribution in [0.3, 0.4) is 0 Å². The molecular weight excluding hydrogens is 502 g/mol. The summed E-state index contributed by atoms with van der Waals surface area (Å²) in [6.45, 7) is 0.805. The molecule has 2 aromatic heterocycles. The minimum atomic E-state index is -0.0914. The number of amides is 2. The van der Waals surface area contributed by atoms with Crippen molar-refractivity contribution in [3.63, 3.8) is 0 Å². The SMILES string of the molecule is O=C(CCCN1C(=O)/C(=C/c2cccs2)SC1=S)NCc1nc(-c2ccc(Cl)cc2)cs1. The monoisotopic (exact) mass is 519 g/mol. The van der Waals surface area contributed by atoms with E-state index in [1.165, 1.54) is 23.1 Å².